The SMILES string of the molecule is C.CC.Nc1ccccc1-c1cn2cccnc2n1.O=[N+]([O-])c1ccccc1-c1cn2cccnc2n1. The first kappa shape index (κ1) is 26.5. The molecule has 0 atom stereocenters. The van der Waals surface area contributed by atoms with Gasteiger partial charge in [0.2, 0.25) is 11.6 Å². The van der Waals surface area contributed by atoms with Crippen LogP contribution in [0.5, 0.6) is 0 Å². The molecule has 2 aromatic carbocycles. The van der Waals surface area contributed by atoms with E-state index in [9.17, 15) is 10.1 Å². The number of nitrogens with zero attached hydrogens (tertiary/aromatic N) is 7. The molecule has 0 spiro atoms. The average Bonchev–Trinajstić information content (AvgIpc) is 3.55. The molecule has 0 aliphatic carbocycles. The van der Waals surface area contributed by atoms with Crippen molar-refractivity contribution in [3.05, 3.63) is 108 Å². The summed E-state index contributed by atoms with van der Waals surface area (Å²) in [5.41, 5.74) is 9.49. The minimum absolute atomic E-state index is 0. The highest BCUT2D eigenvalue weighted by Crippen LogP contribution is 2.28. The number of anilines is 1. The topological polar surface area (TPSA) is 130 Å². The first-order valence-electron chi connectivity index (χ1n) is 11.3. The fourth-order valence-corrected chi connectivity index (χ4v) is 3.50. The Bertz CT molecular complexity index is 1560. The van der Waals surface area contributed by atoms with E-state index in [4.69, 9.17) is 5.73 Å². The number of nitrogen functional groups attached to an aromatic ring is 1. The molecule has 4 aromatic heterocycles. The van der Waals surface area contributed by atoms with Crippen molar-refractivity contribution >= 4 is 22.9 Å². The zero-order valence-corrected chi connectivity index (χ0v) is 19.8. The fraction of sp³-hybridized carbons (Fsp3) is 0.111. The highest BCUT2D eigenvalue weighted by atomic mass is 16.6. The van der Waals surface area contributed by atoms with E-state index in [0.717, 1.165) is 16.9 Å². The predicted molar refractivity (Wildman–Crippen MR) is 146 cm³/mol. The standard InChI is InChI=1S/C12H8N4O2.C12H10N4.C2H6.CH4/c17-16(18)11-5-2-1-4-9(11)10-8-15-7-3-6-13-12(15)14-10;13-10-5-2-1-4-9(10)11-8-16-7-3-6-14-12(16)15-11;1-2;/h1-8H;1-8H,13H2;1-2H3;1H4. The molecule has 0 radical (unpaired) electrons. The van der Waals surface area contributed by atoms with Gasteiger partial charge in [0.1, 0.15) is 0 Å². The van der Waals surface area contributed by atoms with Crippen LogP contribution in [0.2, 0.25) is 0 Å². The molecule has 37 heavy (non-hydrogen) atoms. The summed E-state index contributed by atoms with van der Waals surface area (Å²) in [5, 5.41) is 11.0. The number of rotatable bonds is 3. The molecule has 0 unspecified atom stereocenters. The van der Waals surface area contributed by atoms with Gasteiger partial charge in [-0.1, -0.05) is 51.6 Å². The molecule has 0 saturated heterocycles. The van der Waals surface area contributed by atoms with Gasteiger partial charge in [-0.2, -0.15) is 0 Å². The maximum absolute atomic E-state index is 11.0. The van der Waals surface area contributed by atoms with Crippen LogP contribution < -0.4 is 5.73 Å². The molecule has 0 aliphatic heterocycles. The van der Waals surface area contributed by atoms with E-state index in [1.165, 1.54) is 6.07 Å². The monoisotopic (exact) mass is 496 g/mol. The van der Waals surface area contributed by atoms with Crippen LogP contribution >= 0.6 is 0 Å². The summed E-state index contributed by atoms with van der Waals surface area (Å²) >= 11 is 0. The highest BCUT2D eigenvalue weighted by molar-refractivity contribution is 5.74. The molecule has 188 valence electrons. The highest BCUT2D eigenvalue weighted by Gasteiger charge is 2.16. The molecule has 0 fully saturated rings. The largest absolute Gasteiger partial charge is 0.398 e. The number of nitro benzene ring substituents is 1. The number of benzene rings is 2. The Morgan fingerprint density at radius 3 is 1.76 bits per heavy atom. The van der Waals surface area contributed by atoms with Crippen LogP contribution in [0.3, 0.4) is 0 Å². The second-order valence-electron chi connectivity index (χ2n) is 7.27. The van der Waals surface area contributed by atoms with Crippen molar-refractivity contribution in [3.63, 3.8) is 0 Å². The molecule has 10 nitrogen and oxygen atoms in total. The molecule has 0 aliphatic rings. The lowest BCUT2D eigenvalue weighted by Crippen LogP contribution is -1.91. The van der Waals surface area contributed by atoms with Gasteiger partial charge >= 0.3 is 0 Å². The van der Waals surface area contributed by atoms with Crippen LogP contribution in [0.15, 0.2) is 97.8 Å². The predicted octanol–water partition coefficient (Wildman–Crippen LogP) is 5.95. The molecule has 0 saturated carbocycles. The van der Waals surface area contributed by atoms with Crippen molar-refractivity contribution in [1.82, 2.24) is 28.7 Å². The Labute approximate surface area is 214 Å². The third-order valence-electron chi connectivity index (χ3n) is 5.08. The van der Waals surface area contributed by atoms with E-state index in [1.54, 1.807) is 53.5 Å². The van der Waals surface area contributed by atoms with E-state index in [0.29, 0.717) is 22.8 Å². The number of para-hydroxylation sites is 2. The maximum Gasteiger partial charge on any atom is 0.278 e. The Kier molecular flexibility index (Phi) is 8.61. The van der Waals surface area contributed by atoms with Gasteiger partial charge in [0.15, 0.2) is 0 Å². The summed E-state index contributed by atoms with van der Waals surface area (Å²) in [7, 11) is 0. The fourth-order valence-electron chi connectivity index (χ4n) is 3.50. The zero-order valence-electron chi connectivity index (χ0n) is 19.8. The van der Waals surface area contributed by atoms with Crippen LogP contribution in [0.4, 0.5) is 11.4 Å². The third-order valence-corrected chi connectivity index (χ3v) is 5.08. The number of fused-ring (bicyclic) bond motifs is 2. The molecule has 4 heterocycles. The number of imidazole rings is 2. The molecule has 0 bridgehead atoms. The van der Waals surface area contributed by atoms with Crippen LogP contribution in [-0.4, -0.2) is 33.7 Å². The molecular weight excluding hydrogens is 468 g/mol. The lowest BCUT2D eigenvalue weighted by Gasteiger charge is -1.99. The van der Waals surface area contributed by atoms with Crippen molar-refractivity contribution in [2.75, 3.05) is 5.73 Å². The van der Waals surface area contributed by atoms with Crippen molar-refractivity contribution in [3.8, 4) is 22.5 Å². The normalized spacial score (nSPS) is 10.0. The summed E-state index contributed by atoms with van der Waals surface area (Å²) in [6, 6.07) is 17.9. The minimum Gasteiger partial charge on any atom is -0.398 e. The van der Waals surface area contributed by atoms with E-state index in [1.807, 2.05) is 61.0 Å². The molecular formula is C27H28N8O2. The number of hydrogen-bond donors (Lipinski definition) is 1. The second kappa shape index (κ2) is 12.0. The van der Waals surface area contributed by atoms with Crippen molar-refractivity contribution < 1.29 is 4.92 Å². The molecule has 0 amide bonds. The van der Waals surface area contributed by atoms with Crippen LogP contribution in [0.25, 0.3) is 34.1 Å². The zero-order chi connectivity index (χ0) is 25.5. The molecule has 10 heteroatoms. The van der Waals surface area contributed by atoms with Gasteiger partial charge in [0.05, 0.1) is 21.9 Å². The summed E-state index contributed by atoms with van der Waals surface area (Å²) in [5.74, 6) is 1.20. The first-order valence-corrected chi connectivity index (χ1v) is 11.3. The van der Waals surface area contributed by atoms with E-state index in [-0.39, 0.29) is 13.1 Å². The molecule has 6 aromatic rings. The van der Waals surface area contributed by atoms with Gasteiger partial charge in [0, 0.05) is 54.5 Å². The summed E-state index contributed by atoms with van der Waals surface area (Å²) < 4.78 is 3.60. The Balaban J connectivity index is 0.000000189. The van der Waals surface area contributed by atoms with Gasteiger partial charge in [-0.3, -0.25) is 18.9 Å². The second-order valence-corrected chi connectivity index (χ2v) is 7.27. The number of aromatic nitrogens is 6. The van der Waals surface area contributed by atoms with E-state index in [2.05, 4.69) is 19.9 Å². The van der Waals surface area contributed by atoms with Crippen LogP contribution in [0.1, 0.15) is 21.3 Å². The lowest BCUT2D eigenvalue weighted by molar-refractivity contribution is -0.384. The molecule has 2 N–H and O–H groups in total. The van der Waals surface area contributed by atoms with E-state index < -0.39 is 4.92 Å². The summed E-state index contributed by atoms with van der Waals surface area (Å²) in [6.07, 6.45) is 10.7. The Morgan fingerprint density at radius 2 is 1.24 bits per heavy atom. The van der Waals surface area contributed by atoms with Gasteiger partial charge in [0.25, 0.3) is 5.69 Å². The van der Waals surface area contributed by atoms with Gasteiger partial charge in [-0.05, 0) is 24.3 Å². The molecule has 6 rings (SSSR count). The minimum atomic E-state index is -0.410. The summed E-state index contributed by atoms with van der Waals surface area (Å²) in [4.78, 5) is 27.5. The van der Waals surface area contributed by atoms with Crippen LogP contribution in [-0.2, 0) is 0 Å². The number of nitro groups is 1. The smallest absolute Gasteiger partial charge is 0.278 e. The van der Waals surface area contributed by atoms with E-state index >= 15 is 0 Å². The van der Waals surface area contributed by atoms with Crippen molar-refractivity contribution in [2.24, 2.45) is 0 Å². The van der Waals surface area contributed by atoms with Crippen molar-refractivity contribution in [2.45, 2.75) is 21.3 Å². The first-order chi connectivity index (χ1) is 17.6. The van der Waals surface area contributed by atoms with Crippen molar-refractivity contribution in [1.29, 1.82) is 0 Å². The van der Waals surface area contributed by atoms with Gasteiger partial charge in [-0.15, -0.1) is 0 Å². The van der Waals surface area contributed by atoms with Crippen LogP contribution in [0, 0.1) is 10.1 Å². The number of hydrogen-bond acceptors (Lipinski definition) is 7. The average molecular weight is 497 g/mol. The number of nitrogens with two attached hydrogens (primary N) is 1. The van der Waals surface area contributed by atoms with Gasteiger partial charge in [-0.25, -0.2) is 19.9 Å². The summed E-state index contributed by atoms with van der Waals surface area (Å²) in [6.45, 7) is 4.00. The Hall–Kier alpha value is -5.12. The van der Waals surface area contributed by atoms with Gasteiger partial charge < -0.3 is 5.73 Å². The quantitative estimate of drug-likeness (QED) is 0.182. The Morgan fingerprint density at radius 1 is 0.757 bits per heavy atom. The third kappa shape index (κ3) is 5.76. The lowest BCUT2D eigenvalue weighted by atomic mass is 10.1. The maximum atomic E-state index is 11.0.